The molecule has 0 radical (unpaired) electrons. The molecule has 2 rings (SSSR count). The minimum absolute atomic E-state index is 0.158. The van der Waals surface area contributed by atoms with Gasteiger partial charge in [0.15, 0.2) is 0 Å². The predicted molar refractivity (Wildman–Crippen MR) is 104 cm³/mol. The third-order valence-electron chi connectivity index (χ3n) is 3.62. The van der Waals surface area contributed by atoms with Gasteiger partial charge in [0, 0.05) is 37.8 Å². The van der Waals surface area contributed by atoms with Crippen LogP contribution in [0.1, 0.15) is 17.3 Å². The van der Waals surface area contributed by atoms with Gasteiger partial charge in [-0.05, 0) is 36.4 Å². The van der Waals surface area contributed by atoms with Crippen LogP contribution in [0.15, 0.2) is 54.6 Å². The molecule has 4 N–H and O–H groups in total. The first-order valence-corrected chi connectivity index (χ1v) is 8.77. The minimum Gasteiger partial charge on any atom is -0.491 e. The van der Waals surface area contributed by atoms with Crippen LogP contribution in [0.4, 0.5) is 5.69 Å². The van der Waals surface area contributed by atoms with E-state index in [0.29, 0.717) is 36.6 Å². The fourth-order valence-corrected chi connectivity index (χ4v) is 2.31. The highest BCUT2D eigenvalue weighted by molar-refractivity contribution is 5.95. The van der Waals surface area contributed by atoms with Gasteiger partial charge in [-0.15, -0.1) is 0 Å². The van der Waals surface area contributed by atoms with E-state index in [4.69, 9.17) is 4.74 Å². The van der Waals surface area contributed by atoms with E-state index in [1.54, 1.807) is 24.3 Å². The number of rotatable bonds is 10. The van der Waals surface area contributed by atoms with Gasteiger partial charge < -0.3 is 25.8 Å². The molecule has 0 aliphatic rings. The molecule has 0 aliphatic heterocycles. The molecule has 0 heterocycles. The summed E-state index contributed by atoms with van der Waals surface area (Å²) in [6, 6.07) is 16.0. The summed E-state index contributed by atoms with van der Waals surface area (Å²) in [6.07, 6.45) is -0.637. The Morgan fingerprint density at radius 2 is 1.74 bits per heavy atom. The number of aliphatic hydroxyl groups excluding tert-OH is 1. The number of amides is 2. The largest absolute Gasteiger partial charge is 0.491 e. The molecule has 2 amide bonds. The molecule has 2 aromatic rings. The average Bonchev–Trinajstić information content (AvgIpc) is 2.67. The van der Waals surface area contributed by atoms with Crippen LogP contribution >= 0.6 is 0 Å². The van der Waals surface area contributed by atoms with Crippen LogP contribution in [0.5, 0.6) is 5.75 Å². The molecule has 7 nitrogen and oxygen atoms in total. The van der Waals surface area contributed by atoms with E-state index in [1.165, 1.54) is 6.92 Å². The van der Waals surface area contributed by atoms with Crippen LogP contribution < -0.4 is 20.7 Å². The number of nitrogens with one attached hydrogen (secondary N) is 3. The third kappa shape index (κ3) is 7.89. The van der Waals surface area contributed by atoms with Crippen molar-refractivity contribution in [2.45, 2.75) is 13.0 Å². The lowest BCUT2D eigenvalue weighted by atomic mass is 10.2. The van der Waals surface area contributed by atoms with Crippen molar-refractivity contribution in [1.82, 2.24) is 10.6 Å². The summed E-state index contributed by atoms with van der Waals surface area (Å²) in [7, 11) is 0. The van der Waals surface area contributed by atoms with Crippen LogP contribution in [-0.2, 0) is 4.79 Å². The predicted octanol–water partition coefficient (Wildman–Crippen LogP) is 1.40. The molecule has 0 spiro atoms. The Morgan fingerprint density at radius 1 is 1.04 bits per heavy atom. The van der Waals surface area contributed by atoms with Crippen molar-refractivity contribution in [3.63, 3.8) is 0 Å². The second kappa shape index (κ2) is 10.9. The van der Waals surface area contributed by atoms with Crippen molar-refractivity contribution < 1.29 is 19.4 Å². The molecular formula is C20H25N3O4. The van der Waals surface area contributed by atoms with Crippen molar-refractivity contribution in [3.05, 3.63) is 60.2 Å². The summed E-state index contributed by atoms with van der Waals surface area (Å²) in [4.78, 5) is 23.0. The van der Waals surface area contributed by atoms with E-state index in [9.17, 15) is 14.7 Å². The summed E-state index contributed by atoms with van der Waals surface area (Å²) in [5.74, 6) is 0.363. The maximum Gasteiger partial charge on any atom is 0.251 e. The van der Waals surface area contributed by atoms with E-state index >= 15 is 0 Å². The number of benzene rings is 2. The molecular weight excluding hydrogens is 346 g/mol. The van der Waals surface area contributed by atoms with Crippen LogP contribution in [0, 0.1) is 0 Å². The SMILES string of the molecule is CC(=O)Nc1ccc(C(=O)NCCNCC(O)COc2ccccc2)cc1. The van der Waals surface area contributed by atoms with Gasteiger partial charge in [-0.25, -0.2) is 0 Å². The van der Waals surface area contributed by atoms with E-state index in [-0.39, 0.29) is 18.4 Å². The number of ether oxygens (including phenoxy) is 1. The summed E-state index contributed by atoms with van der Waals surface area (Å²) >= 11 is 0. The zero-order valence-corrected chi connectivity index (χ0v) is 15.3. The molecule has 0 fully saturated rings. The smallest absolute Gasteiger partial charge is 0.251 e. The number of hydrogen-bond donors (Lipinski definition) is 4. The maximum atomic E-state index is 12.0. The Balaban J connectivity index is 1.59. The highest BCUT2D eigenvalue weighted by atomic mass is 16.5. The van der Waals surface area contributed by atoms with Crippen LogP contribution in [-0.4, -0.2) is 49.3 Å². The fraction of sp³-hybridized carbons (Fsp3) is 0.300. The van der Waals surface area contributed by atoms with Gasteiger partial charge in [0.1, 0.15) is 18.5 Å². The van der Waals surface area contributed by atoms with Crippen molar-refractivity contribution in [3.8, 4) is 5.75 Å². The molecule has 0 aliphatic carbocycles. The van der Waals surface area contributed by atoms with E-state index in [0.717, 1.165) is 0 Å². The quantitative estimate of drug-likeness (QED) is 0.473. The Labute approximate surface area is 158 Å². The fourth-order valence-electron chi connectivity index (χ4n) is 2.31. The first-order chi connectivity index (χ1) is 13.0. The zero-order valence-electron chi connectivity index (χ0n) is 15.3. The number of para-hydroxylation sites is 1. The topological polar surface area (TPSA) is 99.7 Å². The summed E-state index contributed by atoms with van der Waals surface area (Å²) in [5, 5.41) is 18.4. The highest BCUT2D eigenvalue weighted by Gasteiger charge is 2.07. The van der Waals surface area contributed by atoms with Crippen molar-refractivity contribution in [2.24, 2.45) is 0 Å². The molecule has 0 bridgehead atoms. The number of carbonyl (C=O) groups is 2. The van der Waals surface area contributed by atoms with Crippen LogP contribution in [0.25, 0.3) is 0 Å². The molecule has 1 unspecified atom stereocenters. The number of hydrogen-bond acceptors (Lipinski definition) is 5. The number of anilines is 1. The molecule has 2 aromatic carbocycles. The Bertz CT molecular complexity index is 720. The molecule has 0 aromatic heterocycles. The van der Waals surface area contributed by atoms with E-state index < -0.39 is 6.10 Å². The first-order valence-electron chi connectivity index (χ1n) is 8.77. The van der Waals surface area contributed by atoms with Crippen molar-refractivity contribution >= 4 is 17.5 Å². The van der Waals surface area contributed by atoms with Gasteiger partial charge in [-0.1, -0.05) is 18.2 Å². The van der Waals surface area contributed by atoms with Crippen molar-refractivity contribution in [2.75, 3.05) is 31.6 Å². The molecule has 7 heteroatoms. The van der Waals surface area contributed by atoms with Gasteiger partial charge in [0.25, 0.3) is 5.91 Å². The van der Waals surface area contributed by atoms with Crippen molar-refractivity contribution in [1.29, 1.82) is 0 Å². The lowest BCUT2D eigenvalue weighted by Crippen LogP contribution is -2.37. The number of carbonyl (C=O) groups excluding carboxylic acids is 2. The number of aliphatic hydroxyl groups is 1. The van der Waals surface area contributed by atoms with Gasteiger partial charge >= 0.3 is 0 Å². The molecule has 1 atom stereocenters. The normalized spacial score (nSPS) is 11.5. The molecule has 0 saturated carbocycles. The Hall–Kier alpha value is -2.90. The van der Waals surface area contributed by atoms with E-state index in [1.807, 2.05) is 30.3 Å². The molecule has 27 heavy (non-hydrogen) atoms. The maximum absolute atomic E-state index is 12.0. The summed E-state index contributed by atoms with van der Waals surface area (Å²) in [6.45, 7) is 2.95. The van der Waals surface area contributed by atoms with Gasteiger partial charge in [0.2, 0.25) is 5.91 Å². The summed E-state index contributed by atoms with van der Waals surface area (Å²) < 4.78 is 5.47. The second-order valence-corrected chi connectivity index (χ2v) is 6.00. The Morgan fingerprint density at radius 3 is 2.41 bits per heavy atom. The lowest BCUT2D eigenvalue weighted by molar-refractivity contribution is -0.114. The second-order valence-electron chi connectivity index (χ2n) is 6.00. The monoisotopic (exact) mass is 371 g/mol. The standard InChI is InChI=1S/C20H25N3O4/c1-15(24)23-17-9-7-16(8-10-17)20(26)22-12-11-21-13-18(25)14-27-19-5-3-2-4-6-19/h2-10,18,21,25H,11-14H2,1H3,(H,22,26)(H,23,24). The van der Waals surface area contributed by atoms with Gasteiger partial charge in [-0.2, -0.15) is 0 Å². The van der Waals surface area contributed by atoms with Crippen LogP contribution in [0.2, 0.25) is 0 Å². The van der Waals surface area contributed by atoms with Gasteiger partial charge in [0.05, 0.1) is 0 Å². The first kappa shape index (κ1) is 20.4. The lowest BCUT2D eigenvalue weighted by Gasteiger charge is -2.13. The average molecular weight is 371 g/mol. The van der Waals surface area contributed by atoms with Gasteiger partial charge in [-0.3, -0.25) is 9.59 Å². The minimum atomic E-state index is -0.637. The zero-order chi connectivity index (χ0) is 19.5. The highest BCUT2D eigenvalue weighted by Crippen LogP contribution is 2.09. The van der Waals surface area contributed by atoms with E-state index in [2.05, 4.69) is 16.0 Å². The molecule has 144 valence electrons. The third-order valence-corrected chi connectivity index (χ3v) is 3.62. The Kier molecular flexibility index (Phi) is 8.28. The summed E-state index contributed by atoms with van der Waals surface area (Å²) in [5.41, 5.74) is 1.16. The van der Waals surface area contributed by atoms with Crippen LogP contribution in [0.3, 0.4) is 0 Å². The molecule has 0 saturated heterocycles.